The van der Waals surface area contributed by atoms with Crippen LogP contribution in [0.4, 0.5) is 0 Å². The number of guanidine groups is 1. The van der Waals surface area contributed by atoms with Gasteiger partial charge in [0, 0.05) is 25.6 Å². The van der Waals surface area contributed by atoms with Crippen LogP contribution in [0, 0.1) is 12.8 Å². The molecule has 0 spiro atoms. The Labute approximate surface area is 201 Å². The van der Waals surface area contributed by atoms with Crippen molar-refractivity contribution in [2.75, 3.05) is 26.2 Å². The SMILES string of the molecule is CCNC(=NCC(=O)NCc1ccco1)NCC1CCCOC1c1ccc(C)cc1.I. The molecule has 2 aromatic rings. The van der Waals surface area contributed by atoms with Gasteiger partial charge in [0.15, 0.2) is 5.96 Å². The summed E-state index contributed by atoms with van der Waals surface area (Å²) in [6.45, 7) is 6.77. The number of rotatable bonds is 8. The van der Waals surface area contributed by atoms with Crippen molar-refractivity contribution in [2.45, 2.75) is 39.3 Å². The summed E-state index contributed by atoms with van der Waals surface area (Å²) in [7, 11) is 0. The minimum atomic E-state index is -0.151. The van der Waals surface area contributed by atoms with Gasteiger partial charge in [0.25, 0.3) is 0 Å². The molecule has 1 aromatic heterocycles. The van der Waals surface area contributed by atoms with Gasteiger partial charge in [-0.15, -0.1) is 24.0 Å². The van der Waals surface area contributed by atoms with Gasteiger partial charge in [-0.25, -0.2) is 4.99 Å². The maximum Gasteiger partial charge on any atom is 0.242 e. The van der Waals surface area contributed by atoms with Crippen LogP contribution in [0.2, 0.25) is 0 Å². The zero-order valence-corrected chi connectivity index (χ0v) is 20.6. The summed E-state index contributed by atoms with van der Waals surface area (Å²) in [6, 6.07) is 12.2. The Bertz CT molecular complexity index is 809. The number of ether oxygens (including phenoxy) is 1. The average molecular weight is 540 g/mol. The van der Waals surface area contributed by atoms with Gasteiger partial charge in [0.2, 0.25) is 5.91 Å². The number of carbonyl (C=O) groups is 1. The van der Waals surface area contributed by atoms with Crippen LogP contribution < -0.4 is 16.0 Å². The number of carbonyl (C=O) groups excluding carboxylic acids is 1. The van der Waals surface area contributed by atoms with Gasteiger partial charge in [-0.3, -0.25) is 4.79 Å². The first-order valence-electron chi connectivity index (χ1n) is 10.6. The van der Waals surface area contributed by atoms with Crippen LogP contribution in [0.25, 0.3) is 0 Å². The summed E-state index contributed by atoms with van der Waals surface area (Å²) in [6.07, 6.45) is 3.81. The smallest absolute Gasteiger partial charge is 0.242 e. The number of hydrogen-bond donors (Lipinski definition) is 3. The largest absolute Gasteiger partial charge is 0.467 e. The molecular weight excluding hydrogens is 507 g/mol. The standard InChI is InChI=1S/C23H32N4O3.HI/c1-3-24-23(27-16-21(28)25-15-20-7-5-12-29-20)26-14-19-6-4-13-30-22(19)18-10-8-17(2)9-11-18;/h5,7-12,19,22H,3-4,6,13-16H2,1-2H3,(H,25,28)(H2,24,26,27);1H. The molecule has 1 aromatic carbocycles. The van der Waals surface area contributed by atoms with E-state index in [1.807, 2.05) is 13.0 Å². The quantitative estimate of drug-likeness (QED) is 0.271. The van der Waals surface area contributed by atoms with Crippen LogP contribution in [-0.4, -0.2) is 38.1 Å². The Balaban J connectivity index is 0.00000341. The first kappa shape index (κ1) is 25.2. The normalized spacial score (nSPS) is 18.7. The van der Waals surface area contributed by atoms with E-state index in [0.29, 0.717) is 18.4 Å². The van der Waals surface area contributed by atoms with E-state index in [4.69, 9.17) is 9.15 Å². The van der Waals surface area contributed by atoms with E-state index in [0.717, 1.165) is 38.3 Å². The number of aryl methyl sites for hydroxylation is 1. The van der Waals surface area contributed by atoms with E-state index < -0.39 is 0 Å². The van der Waals surface area contributed by atoms with Gasteiger partial charge in [0.05, 0.1) is 18.9 Å². The van der Waals surface area contributed by atoms with Crippen molar-refractivity contribution in [1.82, 2.24) is 16.0 Å². The Morgan fingerprint density at radius 1 is 1.16 bits per heavy atom. The molecule has 2 atom stereocenters. The molecule has 1 saturated heterocycles. The first-order chi connectivity index (χ1) is 14.7. The summed E-state index contributed by atoms with van der Waals surface area (Å²) < 4.78 is 11.3. The van der Waals surface area contributed by atoms with Crippen molar-refractivity contribution < 1.29 is 13.9 Å². The molecule has 0 aliphatic carbocycles. The van der Waals surface area contributed by atoms with Crippen LogP contribution in [0.1, 0.15) is 42.8 Å². The fourth-order valence-corrected chi connectivity index (χ4v) is 3.55. The average Bonchev–Trinajstić information content (AvgIpc) is 3.29. The fraction of sp³-hybridized carbons (Fsp3) is 0.478. The minimum absolute atomic E-state index is 0. The maximum atomic E-state index is 12.1. The predicted octanol–water partition coefficient (Wildman–Crippen LogP) is 3.55. The van der Waals surface area contributed by atoms with E-state index in [9.17, 15) is 4.79 Å². The van der Waals surface area contributed by atoms with Gasteiger partial charge in [-0.2, -0.15) is 0 Å². The van der Waals surface area contributed by atoms with Gasteiger partial charge in [0.1, 0.15) is 12.3 Å². The topological polar surface area (TPSA) is 87.9 Å². The molecule has 31 heavy (non-hydrogen) atoms. The predicted molar refractivity (Wildman–Crippen MR) is 133 cm³/mol. The van der Waals surface area contributed by atoms with E-state index in [2.05, 4.69) is 52.1 Å². The number of amides is 1. The summed E-state index contributed by atoms with van der Waals surface area (Å²) in [5.41, 5.74) is 2.46. The Kier molecular flexibility index (Phi) is 10.9. The van der Waals surface area contributed by atoms with E-state index in [1.54, 1.807) is 12.3 Å². The Morgan fingerprint density at radius 3 is 2.68 bits per heavy atom. The summed E-state index contributed by atoms with van der Waals surface area (Å²) in [5.74, 6) is 1.55. The van der Waals surface area contributed by atoms with Gasteiger partial charge in [-0.1, -0.05) is 29.8 Å². The number of halogens is 1. The van der Waals surface area contributed by atoms with E-state index in [1.165, 1.54) is 11.1 Å². The van der Waals surface area contributed by atoms with E-state index >= 15 is 0 Å². The van der Waals surface area contributed by atoms with Crippen molar-refractivity contribution in [1.29, 1.82) is 0 Å². The molecule has 1 fully saturated rings. The molecule has 3 rings (SSSR count). The second kappa shape index (κ2) is 13.4. The molecule has 2 unspecified atom stereocenters. The molecule has 1 aliphatic rings. The maximum absolute atomic E-state index is 12.1. The van der Waals surface area contributed by atoms with Crippen LogP contribution in [0.5, 0.6) is 0 Å². The van der Waals surface area contributed by atoms with Crippen molar-refractivity contribution >= 4 is 35.8 Å². The Hall–Kier alpha value is -2.07. The molecule has 0 saturated carbocycles. The molecule has 1 amide bonds. The van der Waals surface area contributed by atoms with Gasteiger partial charge in [-0.05, 0) is 44.4 Å². The second-order valence-electron chi connectivity index (χ2n) is 7.54. The number of hydrogen-bond acceptors (Lipinski definition) is 4. The summed E-state index contributed by atoms with van der Waals surface area (Å²) >= 11 is 0. The lowest BCUT2D eigenvalue weighted by Crippen LogP contribution is -2.42. The Morgan fingerprint density at radius 2 is 1.97 bits per heavy atom. The molecular formula is C23H33IN4O3. The molecule has 3 N–H and O–H groups in total. The summed E-state index contributed by atoms with van der Waals surface area (Å²) in [4.78, 5) is 16.5. The van der Waals surface area contributed by atoms with Gasteiger partial charge >= 0.3 is 0 Å². The number of benzene rings is 1. The highest BCUT2D eigenvalue weighted by molar-refractivity contribution is 14.0. The van der Waals surface area contributed by atoms with Gasteiger partial charge < -0.3 is 25.1 Å². The lowest BCUT2D eigenvalue weighted by Gasteiger charge is -2.32. The first-order valence-corrected chi connectivity index (χ1v) is 10.6. The number of furan rings is 1. The highest BCUT2D eigenvalue weighted by Gasteiger charge is 2.27. The molecule has 0 bridgehead atoms. The van der Waals surface area contributed by atoms with Crippen LogP contribution in [-0.2, 0) is 16.1 Å². The molecule has 170 valence electrons. The highest BCUT2D eigenvalue weighted by atomic mass is 127. The lowest BCUT2D eigenvalue weighted by atomic mass is 9.89. The molecule has 7 nitrogen and oxygen atoms in total. The van der Waals surface area contributed by atoms with E-state index in [-0.39, 0.29) is 42.5 Å². The number of nitrogens with one attached hydrogen (secondary N) is 3. The fourth-order valence-electron chi connectivity index (χ4n) is 3.55. The lowest BCUT2D eigenvalue weighted by molar-refractivity contribution is -0.119. The van der Waals surface area contributed by atoms with Crippen molar-refractivity contribution in [3.05, 3.63) is 59.5 Å². The second-order valence-corrected chi connectivity index (χ2v) is 7.54. The van der Waals surface area contributed by atoms with Crippen molar-refractivity contribution in [3.8, 4) is 0 Å². The van der Waals surface area contributed by atoms with Crippen LogP contribution in [0.3, 0.4) is 0 Å². The third-order valence-electron chi connectivity index (χ3n) is 5.15. The monoisotopic (exact) mass is 540 g/mol. The van der Waals surface area contributed by atoms with Crippen molar-refractivity contribution in [2.24, 2.45) is 10.9 Å². The minimum Gasteiger partial charge on any atom is -0.467 e. The van der Waals surface area contributed by atoms with Crippen molar-refractivity contribution in [3.63, 3.8) is 0 Å². The number of aliphatic imine (C=N–C) groups is 1. The summed E-state index contributed by atoms with van der Waals surface area (Å²) in [5, 5.41) is 9.40. The van der Waals surface area contributed by atoms with Crippen LogP contribution in [0.15, 0.2) is 52.1 Å². The highest BCUT2D eigenvalue weighted by Crippen LogP contribution is 2.33. The third kappa shape index (κ3) is 8.17. The van der Waals surface area contributed by atoms with Crippen LogP contribution >= 0.6 is 24.0 Å². The zero-order chi connectivity index (χ0) is 21.2. The molecule has 1 aliphatic heterocycles. The number of nitrogens with zero attached hydrogens (tertiary/aromatic N) is 1. The molecule has 2 heterocycles. The third-order valence-corrected chi connectivity index (χ3v) is 5.15. The molecule has 8 heteroatoms. The zero-order valence-electron chi connectivity index (χ0n) is 18.2. The molecule has 0 radical (unpaired) electrons.